The summed E-state index contributed by atoms with van der Waals surface area (Å²) < 4.78 is 5.53. The molecule has 1 fully saturated rings. The van der Waals surface area contributed by atoms with Crippen molar-refractivity contribution < 1.29 is 14.6 Å². The summed E-state index contributed by atoms with van der Waals surface area (Å²) in [6, 6.07) is 5.00. The number of hydrogen-bond donors (Lipinski definition) is 1. The fourth-order valence-corrected chi connectivity index (χ4v) is 2.51. The Balaban J connectivity index is 2.06. The van der Waals surface area contributed by atoms with Crippen molar-refractivity contribution in [2.45, 2.75) is 18.9 Å². The van der Waals surface area contributed by atoms with E-state index in [0.717, 1.165) is 19.4 Å². The van der Waals surface area contributed by atoms with Crippen molar-refractivity contribution in [2.75, 3.05) is 26.8 Å². The number of carbonyl (C=O) groups excluding carboxylic acids is 1. The van der Waals surface area contributed by atoms with Crippen molar-refractivity contribution >= 4 is 17.5 Å². The van der Waals surface area contributed by atoms with Gasteiger partial charge in [-0.05, 0) is 31.0 Å². The van der Waals surface area contributed by atoms with E-state index in [9.17, 15) is 4.79 Å². The van der Waals surface area contributed by atoms with Gasteiger partial charge in [0.05, 0.1) is 11.1 Å². The van der Waals surface area contributed by atoms with Gasteiger partial charge >= 0.3 is 0 Å². The molecule has 1 heterocycles. The maximum absolute atomic E-state index is 12.3. The maximum Gasteiger partial charge on any atom is 0.253 e. The quantitative estimate of drug-likeness (QED) is 0.868. The van der Waals surface area contributed by atoms with E-state index >= 15 is 0 Å². The Hall–Kier alpha value is -1.54. The molecule has 0 aromatic heterocycles. The van der Waals surface area contributed by atoms with Crippen molar-refractivity contribution in [3.05, 3.63) is 34.3 Å². The van der Waals surface area contributed by atoms with E-state index in [0.29, 0.717) is 22.7 Å². The van der Waals surface area contributed by atoms with Gasteiger partial charge in [0.25, 0.3) is 5.91 Å². The van der Waals surface area contributed by atoms with Crippen LogP contribution in [0.15, 0.2) is 18.2 Å². The standard InChI is InChI=1S/C16H18ClNO3/c1-18(11-14-5-3-9-21-14)16(20)13-7-6-12(4-2-8-19)15(17)10-13/h6-7,10,14,19H,3,5,8-9,11H2,1H3. The minimum Gasteiger partial charge on any atom is -0.384 e. The summed E-state index contributed by atoms with van der Waals surface area (Å²) in [7, 11) is 1.76. The highest BCUT2D eigenvalue weighted by Gasteiger charge is 2.21. The molecule has 1 amide bonds. The average molecular weight is 308 g/mol. The smallest absolute Gasteiger partial charge is 0.253 e. The van der Waals surface area contributed by atoms with Gasteiger partial charge in [-0.15, -0.1) is 0 Å². The number of aliphatic hydroxyl groups is 1. The van der Waals surface area contributed by atoms with E-state index in [1.807, 2.05) is 0 Å². The molecule has 112 valence electrons. The normalized spacial score (nSPS) is 17.2. The summed E-state index contributed by atoms with van der Waals surface area (Å²) in [5.41, 5.74) is 1.12. The highest BCUT2D eigenvalue weighted by atomic mass is 35.5. The summed E-state index contributed by atoms with van der Waals surface area (Å²) in [5, 5.41) is 9.09. The molecule has 4 nitrogen and oxygen atoms in total. The Morgan fingerprint density at radius 3 is 3.00 bits per heavy atom. The third-order valence-corrected chi connectivity index (χ3v) is 3.68. The molecule has 1 N–H and O–H groups in total. The fraction of sp³-hybridized carbons (Fsp3) is 0.438. The molecule has 2 rings (SSSR count). The van der Waals surface area contributed by atoms with Crippen LogP contribution in [0.5, 0.6) is 0 Å². The molecule has 0 bridgehead atoms. The van der Waals surface area contributed by atoms with Crippen LogP contribution < -0.4 is 0 Å². The van der Waals surface area contributed by atoms with Gasteiger partial charge in [0.15, 0.2) is 0 Å². The predicted molar refractivity (Wildman–Crippen MR) is 81.4 cm³/mol. The summed E-state index contributed by atoms with van der Waals surface area (Å²) in [5.74, 6) is 5.19. The molecule has 1 atom stereocenters. The lowest BCUT2D eigenvalue weighted by Gasteiger charge is -2.21. The summed E-state index contributed by atoms with van der Waals surface area (Å²) in [6.07, 6.45) is 2.18. The van der Waals surface area contributed by atoms with Crippen LogP contribution in [0.25, 0.3) is 0 Å². The molecular formula is C16H18ClNO3. The van der Waals surface area contributed by atoms with Gasteiger partial charge in [0.1, 0.15) is 6.61 Å². The van der Waals surface area contributed by atoms with Gasteiger partial charge in [-0.25, -0.2) is 0 Å². The lowest BCUT2D eigenvalue weighted by Crippen LogP contribution is -2.34. The van der Waals surface area contributed by atoms with Crippen molar-refractivity contribution in [3.63, 3.8) is 0 Å². The number of rotatable bonds is 3. The third-order valence-electron chi connectivity index (χ3n) is 3.37. The minimum absolute atomic E-state index is 0.0888. The van der Waals surface area contributed by atoms with Gasteiger partial charge < -0.3 is 14.7 Å². The fourth-order valence-electron chi connectivity index (χ4n) is 2.28. The lowest BCUT2D eigenvalue weighted by atomic mass is 10.1. The van der Waals surface area contributed by atoms with Gasteiger partial charge in [0.2, 0.25) is 0 Å². The first-order chi connectivity index (χ1) is 10.1. The number of halogens is 1. The van der Waals surface area contributed by atoms with Gasteiger partial charge in [0, 0.05) is 31.3 Å². The van der Waals surface area contributed by atoms with E-state index in [-0.39, 0.29) is 18.6 Å². The van der Waals surface area contributed by atoms with E-state index < -0.39 is 0 Å². The number of benzene rings is 1. The summed E-state index contributed by atoms with van der Waals surface area (Å²) in [4.78, 5) is 14.0. The van der Waals surface area contributed by atoms with Crippen LogP contribution >= 0.6 is 11.6 Å². The topological polar surface area (TPSA) is 49.8 Å². The second kappa shape index (κ2) is 7.46. The molecule has 0 aliphatic carbocycles. The molecule has 1 saturated heterocycles. The van der Waals surface area contributed by atoms with Crippen molar-refractivity contribution in [1.29, 1.82) is 0 Å². The van der Waals surface area contributed by atoms with E-state index in [4.69, 9.17) is 21.4 Å². The second-order valence-electron chi connectivity index (χ2n) is 4.98. The highest BCUT2D eigenvalue weighted by Crippen LogP contribution is 2.19. The van der Waals surface area contributed by atoms with Crippen molar-refractivity contribution in [1.82, 2.24) is 4.90 Å². The van der Waals surface area contributed by atoms with E-state index in [1.165, 1.54) is 0 Å². The first kappa shape index (κ1) is 15.8. The SMILES string of the molecule is CN(CC1CCCO1)C(=O)c1ccc(C#CCO)c(Cl)c1. The Kier molecular flexibility index (Phi) is 5.63. The number of carbonyl (C=O) groups is 1. The third kappa shape index (κ3) is 4.21. The highest BCUT2D eigenvalue weighted by molar-refractivity contribution is 6.32. The van der Waals surface area contributed by atoms with Crippen LogP contribution in [0.1, 0.15) is 28.8 Å². The van der Waals surface area contributed by atoms with Crippen molar-refractivity contribution in [2.24, 2.45) is 0 Å². The number of hydrogen-bond acceptors (Lipinski definition) is 3. The van der Waals surface area contributed by atoms with Crippen LogP contribution in [-0.4, -0.2) is 48.8 Å². The molecule has 5 heteroatoms. The zero-order valence-corrected chi connectivity index (χ0v) is 12.7. The molecule has 21 heavy (non-hydrogen) atoms. The van der Waals surface area contributed by atoms with Gasteiger partial charge in [-0.1, -0.05) is 23.4 Å². The lowest BCUT2D eigenvalue weighted by molar-refractivity contribution is 0.0587. The number of amides is 1. The molecular weight excluding hydrogens is 290 g/mol. The van der Waals surface area contributed by atoms with Crippen LogP contribution in [0, 0.1) is 11.8 Å². The van der Waals surface area contributed by atoms with Gasteiger partial charge in [-0.3, -0.25) is 4.79 Å². The molecule has 1 aromatic carbocycles. The first-order valence-electron chi connectivity index (χ1n) is 6.88. The zero-order valence-electron chi connectivity index (χ0n) is 11.9. The molecule has 0 spiro atoms. The Bertz CT molecular complexity index is 571. The molecule has 0 radical (unpaired) electrons. The van der Waals surface area contributed by atoms with Crippen LogP contribution in [0.2, 0.25) is 5.02 Å². The van der Waals surface area contributed by atoms with Gasteiger partial charge in [-0.2, -0.15) is 0 Å². The molecule has 1 aliphatic rings. The molecule has 1 unspecified atom stereocenters. The number of ether oxygens (including phenoxy) is 1. The number of nitrogens with zero attached hydrogens (tertiary/aromatic N) is 1. The second-order valence-corrected chi connectivity index (χ2v) is 5.38. The van der Waals surface area contributed by atoms with Crippen LogP contribution in [0.3, 0.4) is 0 Å². The zero-order chi connectivity index (χ0) is 15.2. The van der Waals surface area contributed by atoms with Crippen molar-refractivity contribution in [3.8, 4) is 11.8 Å². The Morgan fingerprint density at radius 2 is 2.38 bits per heavy atom. The monoisotopic (exact) mass is 307 g/mol. The number of aliphatic hydroxyl groups excluding tert-OH is 1. The predicted octanol–water partition coefficient (Wildman–Crippen LogP) is 1.93. The maximum atomic E-state index is 12.3. The Labute approximate surface area is 129 Å². The van der Waals surface area contributed by atoms with Crippen LogP contribution in [0.4, 0.5) is 0 Å². The number of likely N-dealkylation sites (N-methyl/N-ethyl adjacent to an activating group) is 1. The Morgan fingerprint density at radius 1 is 1.57 bits per heavy atom. The summed E-state index contributed by atoms with van der Waals surface area (Å²) in [6.45, 7) is 1.14. The summed E-state index contributed by atoms with van der Waals surface area (Å²) >= 11 is 6.10. The molecule has 1 aromatic rings. The van der Waals surface area contributed by atoms with Crippen LogP contribution in [-0.2, 0) is 4.74 Å². The molecule has 0 saturated carbocycles. The molecule has 1 aliphatic heterocycles. The largest absolute Gasteiger partial charge is 0.384 e. The average Bonchev–Trinajstić information content (AvgIpc) is 2.98. The minimum atomic E-state index is -0.221. The van der Waals surface area contributed by atoms with E-state index in [2.05, 4.69) is 11.8 Å². The van der Waals surface area contributed by atoms with E-state index in [1.54, 1.807) is 30.1 Å². The first-order valence-corrected chi connectivity index (χ1v) is 7.26.